The number of aromatic nitrogens is 4. The molecule has 11 heteroatoms. The number of imidazole rings is 2. The molecule has 0 fully saturated rings. The molecular weight excluding hydrogens is 403 g/mol. The van der Waals surface area contributed by atoms with Gasteiger partial charge < -0.3 is 20.0 Å². The molecule has 3 N–H and O–H groups in total. The molecule has 0 spiro atoms. The van der Waals surface area contributed by atoms with Crippen LogP contribution in [0.4, 0.5) is 13.2 Å². The van der Waals surface area contributed by atoms with Crippen molar-refractivity contribution in [3.63, 3.8) is 0 Å². The van der Waals surface area contributed by atoms with E-state index in [0.717, 1.165) is 22.7 Å². The number of aliphatic carboxylic acids is 1. The monoisotopic (exact) mass is 423 g/mol. The normalized spacial score (nSPS) is 16.0. The quantitative estimate of drug-likeness (QED) is 0.600. The summed E-state index contributed by atoms with van der Waals surface area (Å²) in [4.78, 5) is 33.7. The van der Waals surface area contributed by atoms with Gasteiger partial charge in [0.25, 0.3) is 0 Å². The lowest BCUT2D eigenvalue weighted by atomic mass is 10.0. The lowest BCUT2D eigenvalue weighted by Gasteiger charge is -2.25. The van der Waals surface area contributed by atoms with Gasteiger partial charge in [0.15, 0.2) is 0 Å². The number of halogens is 3. The Morgan fingerprint density at radius 1 is 1.27 bits per heavy atom. The van der Waals surface area contributed by atoms with Gasteiger partial charge in [-0.05, 0) is 26.0 Å². The van der Waals surface area contributed by atoms with Crippen molar-refractivity contribution in [2.24, 2.45) is 5.92 Å². The van der Waals surface area contributed by atoms with E-state index < -0.39 is 17.7 Å². The number of nitrogens with one attached hydrogen (secondary N) is 2. The van der Waals surface area contributed by atoms with E-state index in [1.807, 2.05) is 48.9 Å². The Kier molecular flexibility index (Phi) is 5.55. The summed E-state index contributed by atoms with van der Waals surface area (Å²) < 4.78 is 33.8. The second kappa shape index (κ2) is 7.81. The number of hydrogen-bond donors (Lipinski definition) is 3. The zero-order valence-electron chi connectivity index (χ0n) is 16.2. The maximum Gasteiger partial charge on any atom is 0.490 e. The van der Waals surface area contributed by atoms with Gasteiger partial charge in [-0.25, -0.2) is 14.8 Å². The molecule has 1 aliphatic rings. The molecule has 3 aromatic rings. The van der Waals surface area contributed by atoms with Crippen LogP contribution in [0.1, 0.15) is 25.5 Å². The van der Waals surface area contributed by atoms with E-state index >= 15 is 0 Å². The van der Waals surface area contributed by atoms with Crippen LogP contribution in [0.3, 0.4) is 0 Å². The van der Waals surface area contributed by atoms with Gasteiger partial charge in [-0.3, -0.25) is 4.79 Å². The second-order valence-electron chi connectivity index (χ2n) is 7.42. The smallest absolute Gasteiger partial charge is 0.475 e. The molecule has 0 saturated carbocycles. The van der Waals surface area contributed by atoms with Crippen molar-refractivity contribution in [3.05, 3.63) is 48.3 Å². The van der Waals surface area contributed by atoms with Gasteiger partial charge in [-0.15, -0.1) is 0 Å². The summed E-state index contributed by atoms with van der Waals surface area (Å²) in [6.45, 7) is 4.63. The number of para-hydroxylation sites is 2. The number of H-pyrrole nitrogens is 1. The number of amides is 1. The molecule has 160 valence electrons. The van der Waals surface area contributed by atoms with Crippen LogP contribution in [0.2, 0.25) is 0 Å². The molecular formula is C19H20F3N5O3. The Morgan fingerprint density at radius 2 is 1.93 bits per heavy atom. The molecule has 1 aromatic carbocycles. The van der Waals surface area contributed by atoms with Crippen LogP contribution < -0.4 is 5.32 Å². The third kappa shape index (κ3) is 4.61. The number of carboxylic acid groups (broad SMARTS) is 1. The Balaban J connectivity index is 0.000000318. The molecule has 0 radical (unpaired) electrons. The molecule has 0 aliphatic carbocycles. The van der Waals surface area contributed by atoms with Gasteiger partial charge >= 0.3 is 12.1 Å². The topological polar surface area (TPSA) is 113 Å². The Morgan fingerprint density at radius 3 is 2.53 bits per heavy atom. The molecule has 0 saturated heterocycles. The Bertz CT molecular complexity index is 1020. The first-order valence-electron chi connectivity index (χ1n) is 9.05. The van der Waals surface area contributed by atoms with Crippen LogP contribution in [-0.4, -0.2) is 42.7 Å². The largest absolute Gasteiger partial charge is 0.490 e. The zero-order valence-corrected chi connectivity index (χ0v) is 16.2. The molecule has 4 rings (SSSR count). The highest BCUT2D eigenvalue weighted by Gasteiger charge is 2.38. The molecule has 3 heterocycles. The standard InChI is InChI=1S/C17H19N5O.C2HF3O2/c1-17(2,16-19-12-5-3-4-6-13(12)20-16)21-15(23)11-9-14-18-7-8-22(14)10-11;3-2(4,5)1(6)7/h3-8,11H,9-10H2,1-2H3,(H,19,20)(H,21,23);(H,6,7). The lowest BCUT2D eigenvalue weighted by molar-refractivity contribution is -0.192. The molecule has 1 atom stereocenters. The maximum atomic E-state index is 12.6. The number of rotatable bonds is 3. The lowest BCUT2D eigenvalue weighted by Crippen LogP contribution is -2.45. The zero-order chi connectivity index (χ0) is 22.1. The van der Waals surface area contributed by atoms with Gasteiger partial charge in [-0.2, -0.15) is 13.2 Å². The van der Waals surface area contributed by atoms with Crippen molar-refractivity contribution in [2.45, 2.75) is 38.5 Å². The van der Waals surface area contributed by atoms with Crippen molar-refractivity contribution >= 4 is 22.9 Å². The number of hydrogen-bond acceptors (Lipinski definition) is 4. The number of alkyl halides is 3. The SMILES string of the molecule is CC(C)(NC(=O)C1Cc2nccn2C1)c1nc2ccccc2[nH]1.O=C(O)C(F)(F)F. The number of nitrogens with zero attached hydrogens (tertiary/aromatic N) is 3. The van der Waals surface area contributed by atoms with Gasteiger partial charge in [0.05, 0.1) is 22.5 Å². The Labute approximate surface area is 169 Å². The average Bonchev–Trinajstić information content (AvgIpc) is 3.35. The summed E-state index contributed by atoms with van der Waals surface area (Å²) in [6.07, 6.45) is -0.691. The summed E-state index contributed by atoms with van der Waals surface area (Å²) in [7, 11) is 0. The third-order valence-electron chi connectivity index (χ3n) is 4.68. The summed E-state index contributed by atoms with van der Waals surface area (Å²) in [5.74, 6) is -1.04. The number of carboxylic acids is 1. The fourth-order valence-electron chi connectivity index (χ4n) is 3.11. The summed E-state index contributed by atoms with van der Waals surface area (Å²) in [5.41, 5.74) is 1.33. The van der Waals surface area contributed by atoms with Gasteiger partial charge in [0, 0.05) is 25.4 Å². The van der Waals surface area contributed by atoms with Gasteiger partial charge in [0.2, 0.25) is 5.91 Å². The Hall–Kier alpha value is -3.37. The second-order valence-corrected chi connectivity index (χ2v) is 7.42. The van der Waals surface area contributed by atoms with Crippen molar-refractivity contribution in [2.75, 3.05) is 0 Å². The fraction of sp³-hybridized carbons (Fsp3) is 0.368. The van der Waals surface area contributed by atoms with E-state index in [4.69, 9.17) is 9.90 Å². The highest BCUT2D eigenvalue weighted by atomic mass is 19.4. The van der Waals surface area contributed by atoms with Crippen LogP contribution in [0.5, 0.6) is 0 Å². The predicted molar refractivity (Wildman–Crippen MR) is 100 cm³/mol. The van der Waals surface area contributed by atoms with Gasteiger partial charge in [0.1, 0.15) is 11.6 Å². The fourth-order valence-corrected chi connectivity index (χ4v) is 3.11. The highest BCUT2D eigenvalue weighted by molar-refractivity contribution is 5.80. The number of carbonyl (C=O) groups excluding carboxylic acids is 1. The minimum absolute atomic E-state index is 0.0426. The molecule has 1 aliphatic heterocycles. The highest BCUT2D eigenvalue weighted by Crippen LogP contribution is 2.24. The van der Waals surface area contributed by atoms with E-state index in [2.05, 4.69) is 20.3 Å². The van der Waals surface area contributed by atoms with Crippen LogP contribution in [0.25, 0.3) is 11.0 Å². The first kappa shape index (κ1) is 21.3. The molecule has 30 heavy (non-hydrogen) atoms. The van der Waals surface area contributed by atoms with Crippen molar-refractivity contribution < 1.29 is 27.9 Å². The minimum atomic E-state index is -5.08. The summed E-state index contributed by atoms with van der Waals surface area (Å²) in [6, 6.07) is 7.87. The average molecular weight is 423 g/mol. The maximum absolute atomic E-state index is 12.6. The number of fused-ring (bicyclic) bond motifs is 2. The van der Waals surface area contributed by atoms with Crippen LogP contribution in [-0.2, 0) is 28.1 Å². The molecule has 2 aromatic heterocycles. The van der Waals surface area contributed by atoms with Gasteiger partial charge in [-0.1, -0.05) is 12.1 Å². The summed E-state index contributed by atoms with van der Waals surface area (Å²) in [5, 5.41) is 10.3. The molecule has 0 bridgehead atoms. The van der Waals surface area contributed by atoms with Crippen LogP contribution in [0.15, 0.2) is 36.7 Å². The first-order valence-corrected chi connectivity index (χ1v) is 9.05. The van der Waals surface area contributed by atoms with Crippen molar-refractivity contribution in [1.29, 1.82) is 0 Å². The number of benzene rings is 1. The first-order chi connectivity index (χ1) is 14.0. The van der Waals surface area contributed by atoms with Crippen molar-refractivity contribution in [1.82, 2.24) is 24.8 Å². The molecule has 1 unspecified atom stereocenters. The van der Waals surface area contributed by atoms with E-state index in [1.54, 1.807) is 6.20 Å². The number of carbonyl (C=O) groups is 2. The van der Waals surface area contributed by atoms with Crippen molar-refractivity contribution in [3.8, 4) is 0 Å². The van der Waals surface area contributed by atoms with E-state index in [0.29, 0.717) is 13.0 Å². The molecule has 8 nitrogen and oxygen atoms in total. The molecule has 1 amide bonds. The third-order valence-corrected chi connectivity index (χ3v) is 4.68. The number of aromatic amines is 1. The predicted octanol–water partition coefficient (Wildman–Crippen LogP) is 2.62. The minimum Gasteiger partial charge on any atom is -0.475 e. The van der Waals surface area contributed by atoms with Crippen LogP contribution >= 0.6 is 0 Å². The van der Waals surface area contributed by atoms with E-state index in [-0.39, 0.29) is 11.8 Å². The van der Waals surface area contributed by atoms with E-state index in [9.17, 15) is 18.0 Å². The van der Waals surface area contributed by atoms with Crippen LogP contribution in [0, 0.1) is 5.92 Å². The van der Waals surface area contributed by atoms with E-state index in [1.165, 1.54) is 0 Å². The summed E-state index contributed by atoms with van der Waals surface area (Å²) >= 11 is 0.